The highest BCUT2D eigenvalue weighted by molar-refractivity contribution is 7.89. The van der Waals surface area contributed by atoms with E-state index in [0.29, 0.717) is 23.7 Å². The summed E-state index contributed by atoms with van der Waals surface area (Å²) in [5.41, 5.74) is 0.670. The van der Waals surface area contributed by atoms with E-state index in [-0.39, 0.29) is 17.2 Å². The van der Waals surface area contributed by atoms with Gasteiger partial charge in [0.25, 0.3) is 0 Å². The first-order chi connectivity index (χ1) is 11.9. The zero-order valence-corrected chi connectivity index (χ0v) is 15.0. The summed E-state index contributed by atoms with van der Waals surface area (Å²) in [6.07, 6.45) is 0. The van der Waals surface area contributed by atoms with Gasteiger partial charge in [-0.2, -0.15) is 0 Å². The van der Waals surface area contributed by atoms with E-state index in [1.165, 1.54) is 20.3 Å². The molecule has 0 aromatic heterocycles. The average Bonchev–Trinajstić information content (AvgIpc) is 2.60. The standard InChI is InChI=1S/C17H20FNO5S/c1-4-24-16-9-12(5-7-14(16)22-2)11-19-25(20,21)17-10-13(18)6-8-15(17)23-3/h5-10,19H,4,11H2,1-3H3. The van der Waals surface area contributed by atoms with Crippen LogP contribution in [0.5, 0.6) is 17.2 Å². The second-order valence-corrected chi connectivity index (χ2v) is 6.77. The monoisotopic (exact) mass is 369 g/mol. The van der Waals surface area contributed by atoms with Crippen molar-refractivity contribution in [2.24, 2.45) is 0 Å². The molecule has 0 spiro atoms. The zero-order chi connectivity index (χ0) is 18.4. The third kappa shape index (κ3) is 4.61. The van der Waals surface area contributed by atoms with Crippen molar-refractivity contribution in [3.8, 4) is 17.2 Å². The molecule has 0 bridgehead atoms. The molecule has 0 heterocycles. The van der Waals surface area contributed by atoms with Gasteiger partial charge < -0.3 is 14.2 Å². The Bertz CT molecular complexity index is 839. The highest BCUT2D eigenvalue weighted by Gasteiger charge is 2.20. The molecule has 0 saturated heterocycles. The van der Waals surface area contributed by atoms with Gasteiger partial charge in [-0.1, -0.05) is 6.07 Å². The highest BCUT2D eigenvalue weighted by atomic mass is 32.2. The lowest BCUT2D eigenvalue weighted by atomic mass is 10.2. The van der Waals surface area contributed by atoms with Gasteiger partial charge in [-0.25, -0.2) is 17.5 Å². The van der Waals surface area contributed by atoms with Crippen molar-refractivity contribution < 1.29 is 27.0 Å². The van der Waals surface area contributed by atoms with Gasteiger partial charge in [-0.15, -0.1) is 0 Å². The largest absolute Gasteiger partial charge is 0.495 e. The molecule has 0 amide bonds. The fourth-order valence-electron chi connectivity index (χ4n) is 2.22. The molecule has 0 unspecified atom stereocenters. The fraction of sp³-hybridized carbons (Fsp3) is 0.294. The molecular formula is C17H20FNO5S. The van der Waals surface area contributed by atoms with Crippen molar-refractivity contribution in [3.05, 3.63) is 47.8 Å². The quantitative estimate of drug-likeness (QED) is 0.774. The first-order valence-electron chi connectivity index (χ1n) is 7.54. The molecule has 0 radical (unpaired) electrons. The lowest BCUT2D eigenvalue weighted by Gasteiger charge is -2.13. The van der Waals surface area contributed by atoms with Gasteiger partial charge in [0.05, 0.1) is 20.8 Å². The Morgan fingerprint density at radius 2 is 1.68 bits per heavy atom. The second-order valence-electron chi connectivity index (χ2n) is 5.04. The lowest BCUT2D eigenvalue weighted by Crippen LogP contribution is -2.24. The molecule has 6 nitrogen and oxygen atoms in total. The molecule has 0 fully saturated rings. The predicted molar refractivity (Wildman–Crippen MR) is 91.1 cm³/mol. The van der Waals surface area contributed by atoms with Gasteiger partial charge in [0, 0.05) is 6.54 Å². The van der Waals surface area contributed by atoms with E-state index in [9.17, 15) is 12.8 Å². The average molecular weight is 369 g/mol. The van der Waals surface area contributed by atoms with Crippen molar-refractivity contribution in [1.82, 2.24) is 4.72 Å². The van der Waals surface area contributed by atoms with Crippen molar-refractivity contribution in [3.63, 3.8) is 0 Å². The second kappa shape index (κ2) is 8.17. The van der Waals surface area contributed by atoms with Crippen LogP contribution in [0, 0.1) is 5.82 Å². The minimum Gasteiger partial charge on any atom is -0.495 e. The topological polar surface area (TPSA) is 73.9 Å². The summed E-state index contributed by atoms with van der Waals surface area (Å²) in [4.78, 5) is -0.256. The molecule has 2 aromatic carbocycles. The number of halogens is 1. The van der Waals surface area contributed by atoms with Crippen LogP contribution in [0.4, 0.5) is 4.39 Å². The number of hydrogen-bond donors (Lipinski definition) is 1. The molecule has 2 aromatic rings. The summed E-state index contributed by atoms with van der Waals surface area (Å²) in [6.45, 7) is 2.29. The van der Waals surface area contributed by atoms with Crippen LogP contribution < -0.4 is 18.9 Å². The predicted octanol–water partition coefficient (Wildman–Crippen LogP) is 2.72. The van der Waals surface area contributed by atoms with E-state index in [4.69, 9.17) is 14.2 Å². The third-order valence-electron chi connectivity index (χ3n) is 3.41. The molecule has 0 atom stereocenters. The van der Waals surface area contributed by atoms with E-state index < -0.39 is 15.8 Å². The van der Waals surface area contributed by atoms with Crippen LogP contribution in [0.15, 0.2) is 41.3 Å². The Labute approximate surface area is 146 Å². The number of sulfonamides is 1. The summed E-state index contributed by atoms with van der Waals surface area (Å²) in [6, 6.07) is 8.42. The normalized spacial score (nSPS) is 11.2. The molecule has 2 rings (SSSR count). The van der Waals surface area contributed by atoms with Crippen molar-refractivity contribution >= 4 is 10.0 Å². The highest BCUT2D eigenvalue weighted by Crippen LogP contribution is 2.29. The Morgan fingerprint density at radius 3 is 2.32 bits per heavy atom. The first-order valence-corrected chi connectivity index (χ1v) is 9.02. The molecule has 136 valence electrons. The Balaban J connectivity index is 2.23. The lowest BCUT2D eigenvalue weighted by molar-refractivity contribution is 0.310. The Hall–Kier alpha value is -2.32. The number of benzene rings is 2. The van der Waals surface area contributed by atoms with Crippen molar-refractivity contribution in [2.75, 3.05) is 20.8 Å². The maximum absolute atomic E-state index is 13.4. The number of ether oxygens (including phenoxy) is 3. The number of rotatable bonds is 8. The van der Waals surface area contributed by atoms with E-state index in [0.717, 1.165) is 12.1 Å². The van der Waals surface area contributed by atoms with Gasteiger partial charge in [0.1, 0.15) is 16.5 Å². The molecular weight excluding hydrogens is 349 g/mol. The fourth-order valence-corrected chi connectivity index (χ4v) is 3.41. The smallest absolute Gasteiger partial charge is 0.244 e. The van der Waals surface area contributed by atoms with Crippen molar-refractivity contribution in [1.29, 1.82) is 0 Å². The van der Waals surface area contributed by atoms with E-state index >= 15 is 0 Å². The summed E-state index contributed by atoms with van der Waals surface area (Å²) >= 11 is 0. The summed E-state index contributed by atoms with van der Waals surface area (Å²) in [5, 5.41) is 0. The summed E-state index contributed by atoms with van der Waals surface area (Å²) in [5.74, 6) is 0.480. The third-order valence-corrected chi connectivity index (χ3v) is 4.83. The van der Waals surface area contributed by atoms with Crippen molar-refractivity contribution in [2.45, 2.75) is 18.4 Å². The van der Waals surface area contributed by atoms with Gasteiger partial charge in [0.15, 0.2) is 11.5 Å². The molecule has 1 N–H and O–H groups in total. The van der Waals surface area contributed by atoms with Gasteiger partial charge in [-0.05, 0) is 42.8 Å². The SMILES string of the molecule is CCOc1cc(CNS(=O)(=O)c2cc(F)ccc2OC)ccc1OC. The summed E-state index contributed by atoms with van der Waals surface area (Å²) in [7, 11) is -1.10. The molecule has 0 aliphatic rings. The van der Waals surface area contributed by atoms with E-state index in [1.54, 1.807) is 18.2 Å². The van der Waals surface area contributed by atoms with Crippen LogP contribution in [-0.4, -0.2) is 29.2 Å². The zero-order valence-electron chi connectivity index (χ0n) is 14.2. The van der Waals surface area contributed by atoms with E-state index in [2.05, 4.69) is 4.72 Å². The minimum atomic E-state index is -3.95. The molecule has 8 heteroatoms. The number of nitrogens with one attached hydrogen (secondary N) is 1. The molecule has 0 aliphatic heterocycles. The minimum absolute atomic E-state index is 0.00602. The van der Waals surface area contributed by atoms with Crippen LogP contribution in [0.2, 0.25) is 0 Å². The van der Waals surface area contributed by atoms with Crippen LogP contribution in [0.3, 0.4) is 0 Å². The number of methoxy groups -OCH3 is 2. The van der Waals surface area contributed by atoms with Crippen LogP contribution in [0.25, 0.3) is 0 Å². The molecule has 0 saturated carbocycles. The van der Waals surface area contributed by atoms with Crippen LogP contribution in [-0.2, 0) is 16.6 Å². The molecule has 25 heavy (non-hydrogen) atoms. The van der Waals surface area contributed by atoms with Gasteiger partial charge >= 0.3 is 0 Å². The Morgan fingerprint density at radius 1 is 1.00 bits per heavy atom. The maximum atomic E-state index is 13.4. The van der Waals surface area contributed by atoms with Crippen LogP contribution >= 0.6 is 0 Å². The maximum Gasteiger partial charge on any atom is 0.244 e. The van der Waals surface area contributed by atoms with Gasteiger partial charge in [-0.3, -0.25) is 0 Å². The van der Waals surface area contributed by atoms with Crippen LogP contribution in [0.1, 0.15) is 12.5 Å². The first kappa shape index (κ1) is 19.0. The Kier molecular flexibility index (Phi) is 6.22. The van der Waals surface area contributed by atoms with E-state index in [1.807, 2.05) is 6.92 Å². The summed E-state index contributed by atoms with van der Waals surface area (Å²) < 4.78 is 56.4. The van der Waals surface area contributed by atoms with Gasteiger partial charge in [0.2, 0.25) is 10.0 Å². The molecule has 0 aliphatic carbocycles. The number of hydrogen-bond acceptors (Lipinski definition) is 5.